The number of carbonyl (C=O) groups excluding carboxylic acids is 1. The number of anilines is 2. The van der Waals surface area contributed by atoms with Gasteiger partial charge in [-0.25, -0.2) is 8.42 Å². The van der Waals surface area contributed by atoms with Crippen LogP contribution in [0, 0.1) is 13.8 Å². The summed E-state index contributed by atoms with van der Waals surface area (Å²) in [4.78, 5) is 12.1. The van der Waals surface area contributed by atoms with Crippen LogP contribution in [0.4, 0.5) is 11.4 Å². The molecule has 2 N–H and O–H groups in total. The molecule has 0 saturated carbocycles. The van der Waals surface area contributed by atoms with Crippen molar-refractivity contribution in [3.05, 3.63) is 46.2 Å². The Morgan fingerprint density at radius 3 is 2.56 bits per heavy atom. The molecule has 134 valence electrons. The standard InChI is InChI=1S/C16H19ClN4O3S/c1-10-5-6-12(9-14(10)20-25(4,23)24)18-15(22)8-7-13-11(2)19-21(3)16(13)17/h5-9,20H,1-4H3,(H,18,22)/b8-7+. The van der Waals surface area contributed by atoms with E-state index in [1.165, 1.54) is 10.8 Å². The minimum atomic E-state index is -3.40. The van der Waals surface area contributed by atoms with Crippen LogP contribution in [0.25, 0.3) is 6.08 Å². The average molecular weight is 383 g/mol. The number of aryl methyl sites for hydroxylation is 3. The van der Waals surface area contributed by atoms with E-state index in [1.54, 1.807) is 45.2 Å². The number of nitrogens with zero attached hydrogens (tertiary/aromatic N) is 2. The second-order valence-electron chi connectivity index (χ2n) is 5.64. The quantitative estimate of drug-likeness (QED) is 0.777. The van der Waals surface area contributed by atoms with E-state index in [4.69, 9.17) is 11.6 Å². The van der Waals surface area contributed by atoms with Crippen LogP contribution in [0.15, 0.2) is 24.3 Å². The van der Waals surface area contributed by atoms with Crippen molar-refractivity contribution < 1.29 is 13.2 Å². The van der Waals surface area contributed by atoms with E-state index in [2.05, 4.69) is 15.1 Å². The first kappa shape index (κ1) is 19.0. The molecule has 0 fully saturated rings. The second-order valence-corrected chi connectivity index (χ2v) is 7.75. The molecule has 0 aliphatic heterocycles. The lowest BCUT2D eigenvalue weighted by atomic mass is 10.2. The van der Waals surface area contributed by atoms with Crippen LogP contribution in [0.3, 0.4) is 0 Å². The van der Waals surface area contributed by atoms with Gasteiger partial charge in [-0.1, -0.05) is 17.7 Å². The number of hydrogen-bond acceptors (Lipinski definition) is 4. The van der Waals surface area contributed by atoms with Crippen molar-refractivity contribution in [1.82, 2.24) is 9.78 Å². The number of benzene rings is 1. The topological polar surface area (TPSA) is 93.1 Å². The summed E-state index contributed by atoms with van der Waals surface area (Å²) in [6.07, 6.45) is 4.00. The third-order valence-electron chi connectivity index (χ3n) is 3.40. The van der Waals surface area contributed by atoms with Crippen LogP contribution < -0.4 is 10.0 Å². The lowest BCUT2D eigenvalue weighted by Crippen LogP contribution is -2.12. The molecule has 7 nitrogen and oxygen atoms in total. The fourth-order valence-electron chi connectivity index (χ4n) is 2.19. The smallest absolute Gasteiger partial charge is 0.248 e. The predicted molar refractivity (Wildman–Crippen MR) is 100 cm³/mol. The van der Waals surface area contributed by atoms with Gasteiger partial charge in [-0.3, -0.25) is 14.2 Å². The Hall–Kier alpha value is -2.32. The first-order chi connectivity index (χ1) is 11.6. The molecule has 0 radical (unpaired) electrons. The Kier molecular flexibility index (Phi) is 5.54. The first-order valence-electron chi connectivity index (χ1n) is 7.33. The first-order valence-corrected chi connectivity index (χ1v) is 9.60. The summed E-state index contributed by atoms with van der Waals surface area (Å²) in [5, 5.41) is 7.29. The van der Waals surface area contributed by atoms with Crippen LogP contribution in [-0.4, -0.2) is 30.4 Å². The highest BCUT2D eigenvalue weighted by atomic mass is 35.5. The summed E-state index contributed by atoms with van der Waals surface area (Å²) in [6, 6.07) is 4.97. The minimum Gasteiger partial charge on any atom is -0.322 e. The molecule has 2 aromatic rings. The van der Waals surface area contributed by atoms with Gasteiger partial charge in [0.15, 0.2) is 0 Å². The fraction of sp³-hybridized carbons (Fsp3) is 0.250. The van der Waals surface area contributed by atoms with E-state index in [0.29, 0.717) is 27.8 Å². The van der Waals surface area contributed by atoms with Crippen molar-refractivity contribution in [3.63, 3.8) is 0 Å². The molecular formula is C16H19ClN4O3S. The molecule has 0 aliphatic carbocycles. The molecule has 0 atom stereocenters. The molecule has 1 heterocycles. The summed E-state index contributed by atoms with van der Waals surface area (Å²) < 4.78 is 26.7. The average Bonchev–Trinajstić information content (AvgIpc) is 2.72. The van der Waals surface area contributed by atoms with Crippen molar-refractivity contribution in [3.8, 4) is 0 Å². The third-order valence-corrected chi connectivity index (χ3v) is 4.44. The zero-order valence-electron chi connectivity index (χ0n) is 14.3. The van der Waals surface area contributed by atoms with E-state index >= 15 is 0 Å². The van der Waals surface area contributed by atoms with Crippen molar-refractivity contribution in [1.29, 1.82) is 0 Å². The van der Waals surface area contributed by atoms with Gasteiger partial charge >= 0.3 is 0 Å². The van der Waals surface area contributed by atoms with E-state index in [0.717, 1.165) is 11.8 Å². The molecular weight excluding hydrogens is 364 g/mol. The maximum atomic E-state index is 12.1. The Bertz CT molecular complexity index is 949. The molecule has 1 aromatic carbocycles. The number of carbonyl (C=O) groups is 1. The Morgan fingerprint density at radius 2 is 2.00 bits per heavy atom. The largest absolute Gasteiger partial charge is 0.322 e. The van der Waals surface area contributed by atoms with Crippen LogP contribution in [0.2, 0.25) is 5.15 Å². The van der Waals surface area contributed by atoms with Gasteiger partial charge in [-0.15, -0.1) is 0 Å². The molecule has 1 aromatic heterocycles. The van der Waals surface area contributed by atoms with Crippen LogP contribution in [0.5, 0.6) is 0 Å². The molecule has 2 rings (SSSR count). The molecule has 0 bridgehead atoms. The molecule has 0 saturated heterocycles. The lowest BCUT2D eigenvalue weighted by molar-refractivity contribution is -0.111. The summed E-state index contributed by atoms with van der Waals surface area (Å²) in [5.74, 6) is -0.367. The van der Waals surface area contributed by atoms with E-state index < -0.39 is 10.0 Å². The van der Waals surface area contributed by atoms with Crippen molar-refractivity contribution in [2.75, 3.05) is 16.3 Å². The van der Waals surface area contributed by atoms with Crippen molar-refractivity contribution in [2.45, 2.75) is 13.8 Å². The van der Waals surface area contributed by atoms with Gasteiger partial charge in [-0.2, -0.15) is 5.10 Å². The maximum absolute atomic E-state index is 12.1. The number of halogens is 1. The normalized spacial score (nSPS) is 11.7. The number of nitrogens with one attached hydrogen (secondary N) is 2. The molecule has 1 amide bonds. The van der Waals surface area contributed by atoms with E-state index in [1.807, 2.05) is 0 Å². The maximum Gasteiger partial charge on any atom is 0.248 e. The number of hydrogen-bond donors (Lipinski definition) is 2. The van der Waals surface area contributed by atoms with E-state index in [9.17, 15) is 13.2 Å². The number of sulfonamides is 1. The van der Waals surface area contributed by atoms with Gasteiger partial charge in [0.05, 0.1) is 17.6 Å². The van der Waals surface area contributed by atoms with E-state index in [-0.39, 0.29) is 5.91 Å². The van der Waals surface area contributed by atoms with Crippen LogP contribution >= 0.6 is 11.6 Å². The Morgan fingerprint density at radius 1 is 1.32 bits per heavy atom. The zero-order chi connectivity index (χ0) is 18.8. The molecule has 25 heavy (non-hydrogen) atoms. The number of aromatic nitrogens is 2. The summed E-state index contributed by atoms with van der Waals surface area (Å²) >= 11 is 6.11. The predicted octanol–water partition coefficient (Wildman–Crippen LogP) is 2.71. The van der Waals surface area contributed by atoms with Crippen molar-refractivity contribution >= 4 is 45.0 Å². The third kappa shape index (κ3) is 5.07. The summed E-state index contributed by atoms with van der Waals surface area (Å²) in [6.45, 7) is 3.57. The fourth-order valence-corrected chi connectivity index (χ4v) is 3.05. The van der Waals surface area contributed by atoms with Gasteiger partial charge in [-0.05, 0) is 37.6 Å². The highest BCUT2D eigenvalue weighted by Crippen LogP contribution is 2.22. The molecule has 9 heteroatoms. The van der Waals surface area contributed by atoms with Gasteiger partial charge in [0.1, 0.15) is 5.15 Å². The monoisotopic (exact) mass is 382 g/mol. The number of amides is 1. The van der Waals surface area contributed by atoms with Crippen LogP contribution in [-0.2, 0) is 21.9 Å². The zero-order valence-corrected chi connectivity index (χ0v) is 15.9. The van der Waals surface area contributed by atoms with Gasteiger partial charge in [0.2, 0.25) is 15.9 Å². The Labute approximate surface area is 151 Å². The summed E-state index contributed by atoms with van der Waals surface area (Å²) in [7, 11) is -1.68. The van der Waals surface area contributed by atoms with Gasteiger partial charge in [0.25, 0.3) is 0 Å². The van der Waals surface area contributed by atoms with Gasteiger partial charge < -0.3 is 5.32 Å². The van der Waals surface area contributed by atoms with Gasteiger partial charge in [0, 0.05) is 24.4 Å². The molecule has 0 unspecified atom stereocenters. The van der Waals surface area contributed by atoms with Crippen LogP contribution in [0.1, 0.15) is 16.8 Å². The highest BCUT2D eigenvalue weighted by molar-refractivity contribution is 7.92. The molecule has 0 spiro atoms. The SMILES string of the molecule is Cc1ccc(NC(=O)/C=C/c2c(C)nn(C)c2Cl)cc1NS(C)(=O)=O. The Balaban J connectivity index is 2.15. The molecule has 0 aliphatic rings. The summed E-state index contributed by atoms with van der Waals surface area (Å²) in [5.41, 5.74) is 3.02. The highest BCUT2D eigenvalue weighted by Gasteiger charge is 2.09. The van der Waals surface area contributed by atoms with Crippen molar-refractivity contribution in [2.24, 2.45) is 7.05 Å². The minimum absolute atomic E-state index is 0.367. The lowest BCUT2D eigenvalue weighted by Gasteiger charge is -2.10. The number of rotatable bonds is 5. The second kappa shape index (κ2) is 7.28.